The molecule has 1 atom stereocenters. The van der Waals surface area contributed by atoms with Gasteiger partial charge in [-0.15, -0.1) is 0 Å². The first-order valence-corrected chi connectivity index (χ1v) is 7.03. The molecule has 0 aliphatic carbocycles. The maximum atomic E-state index is 13.2. The van der Waals surface area contributed by atoms with Crippen LogP contribution < -0.4 is 10.1 Å². The molecule has 0 amide bonds. The van der Waals surface area contributed by atoms with Gasteiger partial charge in [-0.2, -0.15) is 0 Å². The van der Waals surface area contributed by atoms with Gasteiger partial charge in [-0.25, -0.2) is 4.39 Å². The van der Waals surface area contributed by atoms with Crippen molar-refractivity contribution in [3.63, 3.8) is 0 Å². The highest BCUT2D eigenvalue weighted by molar-refractivity contribution is 5.41. The van der Waals surface area contributed by atoms with Crippen molar-refractivity contribution in [2.75, 3.05) is 6.61 Å². The lowest BCUT2D eigenvalue weighted by Crippen LogP contribution is -2.18. The number of hydrogen-bond acceptors (Lipinski definition) is 3. The second-order valence-electron chi connectivity index (χ2n) is 4.89. The number of rotatable bonds is 6. The van der Waals surface area contributed by atoms with Crippen molar-refractivity contribution in [2.45, 2.75) is 26.4 Å². The summed E-state index contributed by atoms with van der Waals surface area (Å²) in [6.07, 6.45) is 0. The monoisotopic (exact) mass is 289 g/mol. The first-order valence-electron chi connectivity index (χ1n) is 7.03. The average Bonchev–Trinajstić information content (AvgIpc) is 2.48. The van der Waals surface area contributed by atoms with Gasteiger partial charge >= 0.3 is 0 Å². The largest absolute Gasteiger partial charge is 0.504 e. The molecule has 0 heterocycles. The molecule has 21 heavy (non-hydrogen) atoms. The minimum Gasteiger partial charge on any atom is -0.504 e. The third-order valence-electron chi connectivity index (χ3n) is 3.29. The second kappa shape index (κ2) is 7.09. The lowest BCUT2D eigenvalue weighted by atomic mass is 10.1. The zero-order valence-corrected chi connectivity index (χ0v) is 12.3. The summed E-state index contributed by atoms with van der Waals surface area (Å²) < 4.78 is 18.6. The van der Waals surface area contributed by atoms with Crippen LogP contribution in [0.5, 0.6) is 11.5 Å². The SMILES string of the molecule is CCOc1cc(CNC(C)c2cccc(F)c2)ccc1O. The van der Waals surface area contributed by atoms with Gasteiger partial charge < -0.3 is 15.2 Å². The van der Waals surface area contributed by atoms with Gasteiger partial charge in [-0.3, -0.25) is 0 Å². The summed E-state index contributed by atoms with van der Waals surface area (Å²) >= 11 is 0. The van der Waals surface area contributed by atoms with Crippen LogP contribution in [-0.4, -0.2) is 11.7 Å². The molecule has 112 valence electrons. The molecule has 0 aromatic heterocycles. The Bertz CT molecular complexity index is 601. The van der Waals surface area contributed by atoms with Crippen LogP contribution >= 0.6 is 0 Å². The molecule has 2 N–H and O–H groups in total. The highest BCUT2D eigenvalue weighted by atomic mass is 19.1. The molecule has 2 aromatic rings. The summed E-state index contributed by atoms with van der Waals surface area (Å²) in [7, 11) is 0. The molecule has 0 bridgehead atoms. The number of phenols is 1. The second-order valence-corrected chi connectivity index (χ2v) is 4.89. The predicted molar refractivity (Wildman–Crippen MR) is 80.9 cm³/mol. The van der Waals surface area contributed by atoms with Crippen LogP contribution in [0, 0.1) is 5.82 Å². The molecule has 0 aliphatic rings. The van der Waals surface area contributed by atoms with E-state index in [0.29, 0.717) is 18.9 Å². The summed E-state index contributed by atoms with van der Waals surface area (Å²) in [5.74, 6) is 0.387. The normalized spacial score (nSPS) is 12.1. The van der Waals surface area contributed by atoms with E-state index >= 15 is 0 Å². The zero-order valence-electron chi connectivity index (χ0n) is 12.3. The number of hydrogen-bond donors (Lipinski definition) is 2. The maximum Gasteiger partial charge on any atom is 0.161 e. The maximum absolute atomic E-state index is 13.2. The van der Waals surface area contributed by atoms with Crippen molar-refractivity contribution in [3.8, 4) is 11.5 Å². The van der Waals surface area contributed by atoms with Crippen molar-refractivity contribution in [2.24, 2.45) is 0 Å². The molecule has 1 unspecified atom stereocenters. The molecule has 3 nitrogen and oxygen atoms in total. The zero-order chi connectivity index (χ0) is 15.2. The van der Waals surface area contributed by atoms with E-state index in [-0.39, 0.29) is 17.6 Å². The van der Waals surface area contributed by atoms with Gasteiger partial charge in [0.05, 0.1) is 6.61 Å². The highest BCUT2D eigenvalue weighted by Crippen LogP contribution is 2.27. The van der Waals surface area contributed by atoms with Crippen LogP contribution in [0.1, 0.15) is 31.0 Å². The quantitative estimate of drug-likeness (QED) is 0.850. The Labute approximate surface area is 124 Å². The number of phenolic OH excluding ortho intramolecular Hbond substituents is 1. The lowest BCUT2D eigenvalue weighted by Gasteiger charge is -2.15. The first kappa shape index (κ1) is 15.3. The Hall–Kier alpha value is -2.07. The van der Waals surface area contributed by atoms with Crippen LogP contribution in [0.4, 0.5) is 4.39 Å². The van der Waals surface area contributed by atoms with Crippen molar-refractivity contribution < 1.29 is 14.2 Å². The van der Waals surface area contributed by atoms with Crippen LogP contribution in [0.3, 0.4) is 0 Å². The van der Waals surface area contributed by atoms with E-state index in [4.69, 9.17) is 4.74 Å². The van der Waals surface area contributed by atoms with E-state index in [1.54, 1.807) is 12.1 Å². The van der Waals surface area contributed by atoms with Crippen LogP contribution in [0.2, 0.25) is 0 Å². The van der Waals surface area contributed by atoms with E-state index in [0.717, 1.165) is 11.1 Å². The molecule has 2 aromatic carbocycles. The standard InChI is InChI=1S/C17H20FNO2/c1-3-21-17-9-13(7-8-16(17)20)11-19-12(2)14-5-4-6-15(18)10-14/h4-10,12,19-20H,3,11H2,1-2H3. The number of nitrogens with one attached hydrogen (secondary N) is 1. The van der Waals surface area contributed by atoms with Crippen molar-refractivity contribution in [1.29, 1.82) is 0 Å². The highest BCUT2D eigenvalue weighted by Gasteiger charge is 2.07. The summed E-state index contributed by atoms with van der Waals surface area (Å²) in [4.78, 5) is 0. The van der Waals surface area contributed by atoms with Crippen LogP contribution in [0.25, 0.3) is 0 Å². The van der Waals surface area contributed by atoms with Crippen molar-refractivity contribution in [1.82, 2.24) is 5.32 Å². The number of benzene rings is 2. The fourth-order valence-electron chi connectivity index (χ4n) is 2.10. The van der Waals surface area contributed by atoms with Crippen LogP contribution in [-0.2, 0) is 6.54 Å². The lowest BCUT2D eigenvalue weighted by molar-refractivity contribution is 0.317. The van der Waals surface area contributed by atoms with Crippen molar-refractivity contribution >= 4 is 0 Å². The molecule has 0 saturated carbocycles. The fraction of sp³-hybridized carbons (Fsp3) is 0.294. The summed E-state index contributed by atoms with van der Waals surface area (Å²) in [6, 6.07) is 11.9. The molecule has 4 heteroatoms. The smallest absolute Gasteiger partial charge is 0.161 e. The van der Waals surface area contributed by atoms with Gasteiger partial charge in [0.15, 0.2) is 11.5 Å². The molecular weight excluding hydrogens is 269 g/mol. The molecule has 0 radical (unpaired) electrons. The van der Waals surface area contributed by atoms with E-state index in [2.05, 4.69) is 5.32 Å². The third kappa shape index (κ3) is 4.20. The fourth-order valence-corrected chi connectivity index (χ4v) is 2.10. The minimum absolute atomic E-state index is 0.0325. The predicted octanol–water partition coefficient (Wildman–Crippen LogP) is 3.78. The molecule has 0 aliphatic heterocycles. The van der Waals surface area contributed by atoms with Crippen LogP contribution in [0.15, 0.2) is 42.5 Å². The molecule has 0 spiro atoms. The van der Waals surface area contributed by atoms with Gasteiger partial charge in [-0.05, 0) is 49.2 Å². The first-order chi connectivity index (χ1) is 10.1. The Morgan fingerprint density at radius 1 is 1.24 bits per heavy atom. The van der Waals surface area contributed by atoms with Gasteiger partial charge in [-0.1, -0.05) is 18.2 Å². The van der Waals surface area contributed by atoms with Crippen molar-refractivity contribution in [3.05, 3.63) is 59.4 Å². The van der Waals surface area contributed by atoms with E-state index in [1.165, 1.54) is 12.1 Å². The van der Waals surface area contributed by atoms with Gasteiger partial charge in [0.25, 0.3) is 0 Å². The van der Waals surface area contributed by atoms with E-state index < -0.39 is 0 Å². The summed E-state index contributed by atoms with van der Waals surface area (Å²) in [6.45, 7) is 4.97. The Morgan fingerprint density at radius 3 is 2.76 bits per heavy atom. The Morgan fingerprint density at radius 2 is 2.05 bits per heavy atom. The van der Waals surface area contributed by atoms with Gasteiger partial charge in [0, 0.05) is 12.6 Å². The van der Waals surface area contributed by atoms with E-state index in [1.807, 2.05) is 32.0 Å². The molecule has 0 saturated heterocycles. The van der Waals surface area contributed by atoms with E-state index in [9.17, 15) is 9.50 Å². The summed E-state index contributed by atoms with van der Waals surface area (Å²) in [5.41, 5.74) is 1.90. The number of halogens is 1. The minimum atomic E-state index is -0.232. The Kier molecular flexibility index (Phi) is 5.17. The number of ether oxygens (including phenoxy) is 1. The number of aromatic hydroxyl groups is 1. The van der Waals surface area contributed by atoms with Gasteiger partial charge in [0.2, 0.25) is 0 Å². The molecule has 0 fully saturated rings. The van der Waals surface area contributed by atoms with Gasteiger partial charge in [0.1, 0.15) is 5.82 Å². The molecular formula is C17H20FNO2. The summed E-state index contributed by atoms with van der Waals surface area (Å²) in [5, 5.41) is 13.0. The average molecular weight is 289 g/mol. The molecule has 2 rings (SSSR count). The topological polar surface area (TPSA) is 41.5 Å². The Balaban J connectivity index is 2.01. The third-order valence-corrected chi connectivity index (χ3v) is 3.29.